The topological polar surface area (TPSA) is 38.7 Å². The van der Waals surface area contributed by atoms with Gasteiger partial charge in [-0.05, 0) is 25.7 Å². The SMILES string of the molecule is COc1cc(O)c(OC)c2c1CCCC2. The van der Waals surface area contributed by atoms with E-state index in [2.05, 4.69) is 0 Å². The Labute approximate surface area is 89.6 Å². The second kappa shape index (κ2) is 4.01. The number of ether oxygens (including phenoxy) is 2. The van der Waals surface area contributed by atoms with Crippen LogP contribution >= 0.6 is 0 Å². The van der Waals surface area contributed by atoms with E-state index in [0.717, 1.165) is 30.6 Å². The molecule has 82 valence electrons. The summed E-state index contributed by atoms with van der Waals surface area (Å²) in [6.45, 7) is 0. The zero-order valence-electron chi connectivity index (χ0n) is 9.17. The van der Waals surface area contributed by atoms with Crippen molar-refractivity contribution in [2.45, 2.75) is 25.7 Å². The first-order valence-electron chi connectivity index (χ1n) is 5.23. The van der Waals surface area contributed by atoms with Crippen LogP contribution < -0.4 is 9.47 Å². The average molecular weight is 208 g/mol. The lowest BCUT2D eigenvalue weighted by atomic mass is 9.90. The molecule has 0 amide bonds. The van der Waals surface area contributed by atoms with Gasteiger partial charge in [0.15, 0.2) is 11.5 Å². The van der Waals surface area contributed by atoms with Crippen LogP contribution in [0.25, 0.3) is 0 Å². The summed E-state index contributed by atoms with van der Waals surface area (Å²) < 4.78 is 10.5. The molecule has 0 aromatic heterocycles. The predicted octanol–water partition coefficient (Wildman–Crippen LogP) is 2.29. The van der Waals surface area contributed by atoms with Gasteiger partial charge >= 0.3 is 0 Å². The van der Waals surface area contributed by atoms with E-state index in [1.54, 1.807) is 20.3 Å². The molecule has 1 aliphatic carbocycles. The molecule has 3 nitrogen and oxygen atoms in total. The number of hydrogen-bond donors (Lipinski definition) is 1. The molecule has 0 bridgehead atoms. The van der Waals surface area contributed by atoms with Crippen LogP contribution in [0.1, 0.15) is 24.0 Å². The van der Waals surface area contributed by atoms with Gasteiger partial charge in [-0.25, -0.2) is 0 Å². The smallest absolute Gasteiger partial charge is 0.164 e. The summed E-state index contributed by atoms with van der Waals surface area (Å²) in [5.74, 6) is 1.57. The van der Waals surface area contributed by atoms with Gasteiger partial charge in [-0.1, -0.05) is 0 Å². The Kier molecular flexibility index (Phi) is 2.71. The van der Waals surface area contributed by atoms with Crippen LogP contribution in [0.5, 0.6) is 17.2 Å². The second-order valence-electron chi connectivity index (χ2n) is 3.80. The maximum Gasteiger partial charge on any atom is 0.164 e. The Morgan fingerprint density at radius 1 is 1.07 bits per heavy atom. The van der Waals surface area contributed by atoms with Crippen molar-refractivity contribution < 1.29 is 14.6 Å². The molecule has 0 fully saturated rings. The molecule has 0 spiro atoms. The number of hydrogen-bond acceptors (Lipinski definition) is 3. The number of rotatable bonds is 2. The van der Waals surface area contributed by atoms with Gasteiger partial charge in [-0.15, -0.1) is 0 Å². The molecule has 15 heavy (non-hydrogen) atoms. The molecule has 1 aromatic carbocycles. The van der Waals surface area contributed by atoms with Gasteiger partial charge in [-0.3, -0.25) is 0 Å². The maximum absolute atomic E-state index is 9.77. The normalized spacial score (nSPS) is 14.5. The molecule has 3 heteroatoms. The molecular formula is C12H16O3. The third kappa shape index (κ3) is 1.62. The van der Waals surface area contributed by atoms with Gasteiger partial charge in [0.2, 0.25) is 0 Å². The second-order valence-corrected chi connectivity index (χ2v) is 3.80. The summed E-state index contributed by atoms with van der Waals surface area (Å²) in [4.78, 5) is 0. The van der Waals surface area contributed by atoms with Crippen molar-refractivity contribution in [3.05, 3.63) is 17.2 Å². The summed E-state index contributed by atoms with van der Waals surface area (Å²) in [7, 11) is 3.23. The Morgan fingerprint density at radius 2 is 1.73 bits per heavy atom. The Balaban J connectivity index is 2.60. The van der Waals surface area contributed by atoms with Crippen LogP contribution in [-0.2, 0) is 12.8 Å². The van der Waals surface area contributed by atoms with Crippen molar-refractivity contribution in [2.24, 2.45) is 0 Å². The van der Waals surface area contributed by atoms with Crippen molar-refractivity contribution in [1.82, 2.24) is 0 Å². The molecule has 1 aromatic rings. The highest BCUT2D eigenvalue weighted by atomic mass is 16.5. The highest BCUT2D eigenvalue weighted by molar-refractivity contribution is 5.57. The van der Waals surface area contributed by atoms with Crippen LogP contribution in [0, 0.1) is 0 Å². The van der Waals surface area contributed by atoms with Crippen molar-refractivity contribution in [3.8, 4) is 17.2 Å². The standard InChI is InChI=1S/C12H16O3/c1-14-11-7-10(13)12(15-2)9-6-4-3-5-8(9)11/h7,13H,3-6H2,1-2H3. The number of aromatic hydroxyl groups is 1. The molecule has 0 saturated carbocycles. The minimum Gasteiger partial charge on any atom is -0.504 e. The van der Waals surface area contributed by atoms with Crippen molar-refractivity contribution in [2.75, 3.05) is 14.2 Å². The van der Waals surface area contributed by atoms with Crippen LogP contribution in [0.15, 0.2) is 6.07 Å². The van der Waals surface area contributed by atoms with Crippen LogP contribution in [-0.4, -0.2) is 19.3 Å². The lowest BCUT2D eigenvalue weighted by Crippen LogP contribution is -2.07. The van der Waals surface area contributed by atoms with E-state index in [0.29, 0.717) is 5.75 Å². The molecule has 0 heterocycles. The monoisotopic (exact) mass is 208 g/mol. The summed E-state index contributed by atoms with van der Waals surface area (Å²) in [5.41, 5.74) is 2.30. The van der Waals surface area contributed by atoms with Crippen LogP contribution in [0.2, 0.25) is 0 Å². The maximum atomic E-state index is 9.77. The summed E-state index contributed by atoms with van der Waals surface area (Å²) in [5, 5.41) is 9.77. The lowest BCUT2D eigenvalue weighted by molar-refractivity contribution is 0.356. The molecular weight excluding hydrogens is 192 g/mol. The first-order valence-corrected chi connectivity index (χ1v) is 5.23. The summed E-state index contributed by atoms with van der Waals surface area (Å²) in [6, 6.07) is 1.64. The zero-order chi connectivity index (χ0) is 10.8. The third-order valence-corrected chi connectivity index (χ3v) is 2.96. The van der Waals surface area contributed by atoms with Gasteiger partial charge in [0, 0.05) is 17.2 Å². The van der Waals surface area contributed by atoms with Crippen molar-refractivity contribution in [1.29, 1.82) is 0 Å². The first kappa shape index (κ1) is 10.1. The third-order valence-electron chi connectivity index (χ3n) is 2.96. The lowest BCUT2D eigenvalue weighted by Gasteiger charge is -2.21. The quantitative estimate of drug-likeness (QED) is 0.810. The molecule has 0 saturated heterocycles. The van der Waals surface area contributed by atoms with Gasteiger partial charge < -0.3 is 14.6 Å². The fourth-order valence-electron chi connectivity index (χ4n) is 2.27. The minimum atomic E-state index is 0.176. The fourth-order valence-corrected chi connectivity index (χ4v) is 2.27. The van der Waals surface area contributed by atoms with Crippen molar-refractivity contribution >= 4 is 0 Å². The highest BCUT2D eigenvalue weighted by Gasteiger charge is 2.21. The molecule has 1 N–H and O–H groups in total. The van der Waals surface area contributed by atoms with Gasteiger partial charge in [0.1, 0.15) is 5.75 Å². The Hall–Kier alpha value is -1.38. The number of benzene rings is 1. The Bertz CT molecular complexity index is 372. The van der Waals surface area contributed by atoms with E-state index in [9.17, 15) is 5.11 Å². The Morgan fingerprint density at radius 3 is 2.33 bits per heavy atom. The molecule has 0 radical (unpaired) electrons. The van der Waals surface area contributed by atoms with Gasteiger partial charge in [-0.2, -0.15) is 0 Å². The van der Waals surface area contributed by atoms with Gasteiger partial charge in [0.25, 0.3) is 0 Å². The van der Waals surface area contributed by atoms with Crippen molar-refractivity contribution in [3.63, 3.8) is 0 Å². The first-order chi connectivity index (χ1) is 7.27. The molecule has 2 rings (SSSR count). The molecule has 0 atom stereocenters. The predicted molar refractivity (Wildman–Crippen MR) is 57.9 cm³/mol. The number of phenols is 1. The largest absolute Gasteiger partial charge is 0.504 e. The van der Waals surface area contributed by atoms with Crippen LogP contribution in [0.3, 0.4) is 0 Å². The van der Waals surface area contributed by atoms with Crippen LogP contribution in [0.4, 0.5) is 0 Å². The van der Waals surface area contributed by atoms with E-state index in [1.807, 2.05) is 0 Å². The van der Waals surface area contributed by atoms with E-state index in [1.165, 1.54) is 12.0 Å². The van der Waals surface area contributed by atoms with E-state index >= 15 is 0 Å². The average Bonchev–Trinajstić information content (AvgIpc) is 2.28. The number of fused-ring (bicyclic) bond motifs is 1. The van der Waals surface area contributed by atoms with E-state index in [4.69, 9.17) is 9.47 Å². The minimum absolute atomic E-state index is 0.176. The summed E-state index contributed by atoms with van der Waals surface area (Å²) in [6.07, 6.45) is 4.30. The highest BCUT2D eigenvalue weighted by Crippen LogP contribution is 2.42. The fraction of sp³-hybridized carbons (Fsp3) is 0.500. The molecule has 1 aliphatic rings. The molecule has 0 aliphatic heterocycles. The number of phenolic OH excluding ortho intramolecular Hbond substituents is 1. The van der Waals surface area contributed by atoms with E-state index in [-0.39, 0.29) is 5.75 Å². The van der Waals surface area contributed by atoms with Gasteiger partial charge in [0.05, 0.1) is 14.2 Å². The zero-order valence-corrected chi connectivity index (χ0v) is 9.17. The number of methoxy groups -OCH3 is 2. The van der Waals surface area contributed by atoms with E-state index < -0.39 is 0 Å². The summed E-state index contributed by atoms with van der Waals surface area (Å²) >= 11 is 0. The molecule has 0 unspecified atom stereocenters.